The number of carbonyl (C=O) groups is 3. The summed E-state index contributed by atoms with van der Waals surface area (Å²) in [6, 6.07) is 9.39. The average molecular weight is 490 g/mol. The standard InChI is InChI=1S/C28H35N5O3/c1-19(21-7-6-14-29-16-21)31-28(36)20-12-13-24-25(15-20)32(18-27(35)33(24)23-10-5-11-23)26(34)17-30-22-8-3-2-4-9-22/h6-7,12-16,19,22-23,30H,2-5,8-11,17-18H2,1H3,(H,31,36). The Morgan fingerprint density at radius 2 is 1.86 bits per heavy atom. The highest BCUT2D eigenvalue weighted by Gasteiger charge is 2.38. The van der Waals surface area contributed by atoms with Crippen molar-refractivity contribution in [2.75, 3.05) is 22.9 Å². The molecule has 0 bridgehead atoms. The van der Waals surface area contributed by atoms with E-state index < -0.39 is 0 Å². The summed E-state index contributed by atoms with van der Waals surface area (Å²) >= 11 is 0. The summed E-state index contributed by atoms with van der Waals surface area (Å²) in [5.74, 6) is -0.417. The first-order valence-corrected chi connectivity index (χ1v) is 13.2. The van der Waals surface area contributed by atoms with Crippen LogP contribution in [0, 0.1) is 0 Å². The lowest BCUT2D eigenvalue weighted by Crippen LogP contribution is -2.55. The number of amides is 3. The predicted octanol–water partition coefficient (Wildman–Crippen LogP) is 3.73. The second-order valence-electron chi connectivity index (χ2n) is 10.2. The van der Waals surface area contributed by atoms with E-state index in [9.17, 15) is 14.4 Å². The van der Waals surface area contributed by atoms with E-state index in [2.05, 4.69) is 15.6 Å². The molecule has 8 heteroatoms. The number of benzene rings is 1. The van der Waals surface area contributed by atoms with E-state index in [1.54, 1.807) is 29.4 Å². The zero-order valence-electron chi connectivity index (χ0n) is 20.9. The molecule has 5 rings (SSSR count). The number of aromatic nitrogens is 1. The van der Waals surface area contributed by atoms with Crippen LogP contribution in [0.2, 0.25) is 0 Å². The largest absolute Gasteiger partial charge is 0.345 e. The number of hydrogen-bond donors (Lipinski definition) is 2. The molecule has 2 saturated carbocycles. The molecular weight excluding hydrogens is 454 g/mol. The monoisotopic (exact) mass is 489 g/mol. The summed E-state index contributed by atoms with van der Waals surface area (Å²) in [4.78, 5) is 47.2. The maximum atomic E-state index is 13.3. The van der Waals surface area contributed by atoms with Crippen LogP contribution in [0.4, 0.5) is 11.4 Å². The Morgan fingerprint density at radius 3 is 2.56 bits per heavy atom. The van der Waals surface area contributed by atoms with Gasteiger partial charge in [0.15, 0.2) is 0 Å². The summed E-state index contributed by atoms with van der Waals surface area (Å²) < 4.78 is 0. The van der Waals surface area contributed by atoms with Crippen molar-refractivity contribution in [1.29, 1.82) is 0 Å². The Bertz CT molecular complexity index is 1110. The SMILES string of the molecule is CC(NC(=O)c1ccc2c(c1)N(C(=O)CNC1CCCCC1)CC(=O)N2C1CCC1)c1cccnc1. The maximum absolute atomic E-state index is 13.3. The Kier molecular flexibility index (Phi) is 7.32. The van der Waals surface area contributed by atoms with E-state index >= 15 is 0 Å². The highest BCUT2D eigenvalue weighted by molar-refractivity contribution is 6.13. The molecule has 36 heavy (non-hydrogen) atoms. The number of fused-ring (bicyclic) bond motifs is 1. The maximum Gasteiger partial charge on any atom is 0.251 e. The van der Waals surface area contributed by atoms with Crippen LogP contribution in [-0.4, -0.2) is 47.9 Å². The van der Waals surface area contributed by atoms with Crippen LogP contribution in [0.1, 0.15) is 80.3 Å². The van der Waals surface area contributed by atoms with Crippen molar-refractivity contribution in [3.05, 3.63) is 53.9 Å². The fourth-order valence-corrected chi connectivity index (χ4v) is 5.41. The van der Waals surface area contributed by atoms with Gasteiger partial charge in [-0.15, -0.1) is 0 Å². The average Bonchev–Trinajstić information content (AvgIpc) is 2.88. The molecule has 0 radical (unpaired) electrons. The van der Waals surface area contributed by atoms with Gasteiger partial charge in [-0.3, -0.25) is 24.3 Å². The molecule has 1 unspecified atom stereocenters. The summed E-state index contributed by atoms with van der Waals surface area (Å²) in [7, 11) is 0. The molecule has 3 amide bonds. The molecule has 190 valence electrons. The minimum Gasteiger partial charge on any atom is -0.345 e. The van der Waals surface area contributed by atoms with Crippen molar-refractivity contribution >= 4 is 29.1 Å². The quantitative estimate of drug-likeness (QED) is 0.618. The van der Waals surface area contributed by atoms with Crippen molar-refractivity contribution in [3.8, 4) is 0 Å². The first-order valence-electron chi connectivity index (χ1n) is 13.2. The van der Waals surface area contributed by atoms with E-state index in [0.717, 1.165) is 43.4 Å². The Balaban J connectivity index is 1.38. The highest BCUT2D eigenvalue weighted by Crippen LogP contribution is 2.40. The molecule has 2 fully saturated rings. The van der Waals surface area contributed by atoms with E-state index in [4.69, 9.17) is 0 Å². The molecule has 0 spiro atoms. The smallest absolute Gasteiger partial charge is 0.251 e. The molecule has 2 aromatic rings. The van der Waals surface area contributed by atoms with Crippen molar-refractivity contribution in [3.63, 3.8) is 0 Å². The third kappa shape index (κ3) is 5.14. The second kappa shape index (κ2) is 10.8. The molecule has 2 N–H and O–H groups in total. The predicted molar refractivity (Wildman–Crippen MR) is 139 cm³/mol. The molecule has 3 aliphatic rings. The topological polar surface area (TPSA) is 94.6 Å². The van der Waals surface area contributed by atoms with E-state index in [1.807, 2.05) is 30.0 Å². The Labute approximate surface area is 212 Å². The highest BCUT2D eigenvalue weighted by atomic mass is 16.2. The molecule has 2 aliphatic carbocycles. The zero-order chi connectivity index (χ0) is 25.1. The number of anilines is 2. The van der Waals surface area contributed by atoms with Crippen LogP contribution in [0.3, 0.4) is 0 Å². The first-order chi connectivity index (χ1) is 17.5. The van der Waals surface area contributed by atoms with Crippen LogP contribution >= 0.6 is 0 Å². The summed E-state index contributed by atoms with van der Waals surface area (Å²) in [6.07, 6.45) is 12.2. The summed E-state index contributed by atoms with van der Waals surface area (Å²) in [5, 5.41) is 6.42. The molecule has 1 aromatic carbocycles. The second-order valence-corrected chi connectivity index (χ2v) is 10.2. The number of nitrogens with one attached hydrogen (secondary N) is 2. The molecular formula is C28H35N5O3. The van der Waals surface area contributed by atoms with Gasteiger partial charge in [0.2, 0.25) is 11.8 Å². The fraction of sp³-hybridized carbons (Fsp3) is 0.500. The van der Waals surface area contributed by atoms with Crippen LogP contribution in [-0.2, 0) is 9.59 Å². The number of rotatable bonds is 7. The minimum absolute atomic E-state index is 0.00579. The van der Waals surface area contributed by atoms with Gasteiger partial charge in [-0.1, -0.05) is 25.3 Å². The van der Waals surface area contributed by atoms with Gasteiger partial charge >= 0.3 is 0 Å². The normalized spacial score (nSPS) is 19.4. The molecule has 1 aromatic heterocycles. The third-order valence-electron chi connectivity index (χ3n) is 7.77. The van der Waals surface area contributed by atoms with Gasteiger partial charge < -0.3 is 15.5 Å². The minimum atomic E-state index is -0.228. The van der Waals surface area contributed by atoms with Gasteiger partial charge in [0.25, 0.3) is 5.91 Å². The lowest BCUT2D eigenvalue weighted by atomic mass is 9.90. The Hall–Kier alpha value is -3.26. The van der Waals surface area contributed by atoms with Crippen LogP contribution < -0.4 is 20.4 Å². The van der Waals surface area contributed by atoms with Gasteiger partial charge in [0.1, 0.15) is 6.54 Å². The molecule has 2 heterocycles. The zero-order valence-corrected chi connectivity index (χ0v) is 20.9. The lowest BCUT2D eigenvalue weighted by Gasteiger charge is -2.43. The van der Waals surface area contributed by atoms with E-state index in [-0.39, 0.29) is 42.9 Å². The Morgan fingerprint density at radius 1 is 1.06 bits per heavy atom. The van der Waals surface area contributed by atoms with Crippen LogP contribution in [0.25, 0.3) is 0 Å². The fourth-order valence-electron chi connectivity index (χ4n) is 5.41. The first kappa shape index (κ1) is 24.4. The van der Waals surface area contributed by atoms with Crippen LogP contribution in [0.5, 0.6) is 0 Å². The van der Waals surface area contributed by atoms with Gasteiger partial charge in [0.05, 0.1) is 24.0 Å². The lowest BCUT2D eigenvalue weighted by molar-refractivity contribution is -0.123. The molecule has 0 saturated heterocycles. The number of carbonyl (C=O) groups excluding carboxylic acids is 3. The number of hydrogen-bond acceptors (Lipinski definition) is 5. The van der Waals surface area contributed by atoms with Crippen molar-refractivity contribution in [2.24, 2.45) is 0 Å². The summed E-state index contributed by atoms with van der Waals surface area (Å²) in [5.41, 5.74) is 2.74. The third-order valence-corrected chi connectivity index (χ3v) is 7.77. The van der Waals surface area contributed by atoms with Gasteiger partial charge in [-0.25, -0.2) is 0 Å². The summed E-state index contributed by atoms with van der Waals surface area (Å²) in [6.45, 7) is 2.11. The van der Waals surface area contributed by atoms with Crippen LogP contribution in [0.15, 0.2) is 42.7 Å². The molecule has 8 nitrogen and oxygen atoms in total. The number of pyridine rings is 1. The molecule has 1 aliphatic heterocycles. The number of nitrogens with zero attached hydrogens (tertiary/aromatic N) is 3. The van der Waals surface area contributed by atoms with Crippen molar-refractivity contribution < 1.29 is 14.4 Å². The van der Waals surface area contributed by atoms with Gasteiger partial charge in [-0.05, 0) is 68.9 Å². The van der Waals surface area contributed by atoms with E-state index in [1.165, 1.54) is 19.3 Å². The van der Waals surface area contributed by atoms with Gasteiger partial charge in [-0.2, -0.15) is 0 Å². The van der Waals surface area contributed by atoms with Gasteiger partial charge in [0, 0.05) is 30.0 Å². The van der Waals surface area contributed by atoms with Crippen molar-refractivity contribution in [1.82, 2.24) is 15.6 Å². The van der Waals surface area contributed by atoms with E-state index in [0.29, 0.717) is 17.3 Å². The van der Waals surface area contributed by atoms with Crippen molar-refractivity contribution in [2.45, 2.75) is 76.4 Å². The molecule has 1 atom stereocenters.